The summed E-state index contributed by atoms with van der Waals surface area (Å²) in [4.78, 5) is 5.36. The Hall–Kier alpha value is -0.120. The molecule has 0 aromatic rings. The lowest BCUT2D eigenvalue weighted by Crippen LogP contribution is -2.43. The predicted molar refractivity (Wildman–Crippen MR) is 87.4 cm³/mol. The Morgan fingerprint density at radius 2 is 1.81 bits per heavy atom. The minimum Gasteiger partial charge on any atom is -0.393 e. The van der Waals surface area contributed by atoms with E-state index in [1.807, 2.05) is 0 Å². The average molecular weight is 294 g/mol. The standard InChI is InChI=1S/C18H34N2O/c1-18(2)8-6-17(21)15(12-18)13-19-11-7-16(14-19)20-9-4-3-5-10-20/h15-17,21H,3-14H2,1-2H3. The fourth-order valence-corrected chi connectivity index (χ4v) is 4.80. The maximum Gasteiger partial charge on any atom is 0.0581 e. The van der Waals surface area contributed by atoms with E-state index in [9.17, 15) is 5.11 Å². The van der Waals surface area contributed by atoms with Crippen molar-refractivity contribution in [1.29, 1.82) is 0 Å². The third-order valence-corrected chi connectivity index (χ3v) is 6.12. The number of aliphatic hydroxyl groups excluding tert-OH is 1. The zero-order chi connectivity index (χ0) is 14.9. The van der Waals surface area contributed by atoms with Crippen LogP contribution in [0.2, 0.25) is 0 Å². The highest BCUT2D eigenvalue weighted by Gasteiger charge is 2.36. The Kier molecular flexibility index (Phi) is 4.92. The topological polar surface area (TPSA) is 26.7 Å². The van der Waals surface area contributed by atoms with Crippen molar-refractivity contribution in [1.82, 2.24) is 9.80 Å². The van der Waals surface area contributed by atoms with Gasteiger partial charge < -0.3 is 10.0 Å². The molecule has 3 unspecified atom stereocenters. The van der Waals surface area contributed by atoms with Gasteiger partial charge in [-0.1, -0.05) is 20.3 Å². The van der Waals surface area contributed by atoms with Crippen LogP contribution in [-0.4, -0.2) is 59.8 Å². The minimum absolute atomic E-state index is 0.0629. The van der Waals surface area contributed by atoms with E-state index in [-0.39, 0.29) is 6.10 Å². The molecular formula is C18H34N2O. The normalized spacial score (nSPS) is 38.7. The Morgan fingerprint density at radius 1 is 1.05 bits per heavy atom. The molecule has 0 spiro atoms. The van der Waals surface area contributed by atoms with Crippen molar-refractivity contribution in [3.63, 3.8) is 0 Å². The summed E-state index contributed by atoms with van der Waals surface area (Å²) in [5, 5.41) is 10.3. The van der Waals surface area contributed by atoms with Gasteiger partial charge in [0.15, 0.2) is 0 Å². The van der Waals surface area contributed by atoms with Gasteiger partial charge in [0, 0.05) is 19.1 Å². The number of likely N-dealkylation sites (tertiary alicyclic amines) is 2. The molecule has 0 radical (unpaired) electrons. The average Bonchev–Trinajstić information content (AvgIpc) is 2.92. The first-order valence-corrected chi connectivity index (χ1v) is 9.18. The first kappa shape index (κ1) is 15.8. The zero-order valence-electron chi connectivity index (χ0n) is 14.1. The number of rotatable bonds is 3. The molecule has 0 aromatic heterocycles. The molecule has 3 atom stereocenters. The number of hydrogen-bond donors (Lipinski definition) is 1. The van der Waals surface area contributed by atoms with E-state index >= 15 is 0 Å². The van der Waals surface area contributed by atoms with Crippen LogP contribution in [0.25, 0.3) is 0 Å². The SMILES string of the molecule is CC1(C)CCC(O)C(CN2CCC(N3CCCCC3)C2)C1. The summed E-state index contributed by atoms with van der Waals surface area (Å²) in [6, 6.07) is 0.791. The summed E-state index contributed by atoms with van der Waals surface area (Å²) in [7, 11) is 0. The summed E-state index contributed by atoms with van der Waals surface area (Å²) in [6.07, 6.45) is 8.87. The maximum absolute atomic E-state index is 10.3. The molecule has 3 heteroatoms. The zero-order valence-corrected chi connectivity index (χ0v) is 14.1. The second kappa shape index (κ2) is 6.55. The van der Waals surface area contributed by atoms with Crippen molar-refractivity contribution in [2.24, 2.45) is 11.3 Å². The molecule has 3 rings (SSSR count). The van der Waals surface area contributed by atoms with Gasteiger partial charge in [0.1, 0.15) is 0 Å². The monoisotopic (exact) mass is 294 g/mol. The van der Waals surface area contributed by atoms with Gasteiger partial charge in [-0.15, -0.1) is 0 Å². The van der Waals surface area contributed by atoms with Gasteiger partial charge in [0.2, 0.25) is 0 Å². The molecule has 1 N–H and O–H groups in total. The van der Waals surface area contributed by atoms with Crippen LogP contribution in [0.5, 0.6) is 0 Å². The largest absolute Gasteiger partial charge is 0.393 e. The molecule has 0 aromatic carbocycles. The van der Waals surface area contributed by atoms with Crippen LogP contribution in [0.15, 0.2) is 0 Å². The molecule has 3 nitrogen and oxygen atoms in total. The first-order chi connectivity index (χ1) is 10.0. The molecule has 122 valence electrons. The second-order valence-corrected chi connectivity index (χ2v) is 8.53. The summed E-state index contributed by atoms with van der Waals surface area (Å²) in [6.45, 7) is 11.0. The molecule has 21 heavy (non-hydrogen) atoms. The Morgan fingerprint density at radius 3 is 2.57 bits per heavy atom. The van der Waals surface area contributed by atoms with E-state index < -0.39 is 0 Å². The Balaban J connectivity index is 1.49. The summed E-state index contributed by atoms with van der Waals surface area (Å²) >= 11 is 0. The molecule has 2 aliphatic heterocycles. The molecule has 3 aliphatic rings. The van der Waals surface area contributed by atoms with Crippen LogP contribution in [0.1, 0.15) is 58.8 Å². The summed E-state index contributed by atoms with van der Waals surface area (Å²) in [5.74, 6) is 0.494. The quantitative estimate of drug-likeness (QED) is 0.867. The van der Waals surface area contributed by atoms with Crippen LogP contribution >= 0.6 is 0 Å². The predicted octanol–water partition coefficient (Wildman–Crippen LogP) is 2.73. The Bertz CT molecular complexity index is 338. The van der Waals surface area contributed by atoms with Gasteiger partial charge in [0.25, 0.3) is 0 Å². The second-order valence-electron chi connectivity index (χ2n) is 8.53. The van der Waals surface area contributed by atoms with Crippen LogP contribution in [0.4, 0.5) is 0 Å². The molecule has 0 bridgehead atoms. The Labute approximate surface area is 130 Å². The fraction of sp³-hybridized carbons (Fsp3) is 1.00. The number of piperidine rings is 1. The van der Waals surface area contributed by atoms with Gasteiger partial charge in [-0.05, 0) is 69.5 Å². The van der Waals surface area contributed by atoms with Crippen LogP contribution in [0, 0.1) is 11.3 Å². The summed E-state index contributed by atoms with van der Waals surface area (Å²) in [5.41, 5.74) is 0.426. The van der Waals surface area contributed by atoms with Crippen molar-refractivity contribution in [3.8, 4) is 0 Å². The van der Waals surface area contributed by atoms with E-state index in [4.69, 9.17) is 0 Å². The minimum atomic E-state index is -0.0629. The fourth-order valence-electron chi connectivity index (χ4n) is 4.80. The maximum atomic E-state index is 10.3. The van der Waals surface area contributed by atoms with Crippen molar-refractivity contribution in [2.45, 2.75) is 70.9 Å². The van der Waals surface area contributed by atoms with Crippen molar-refractivity contribution in [3.05, 3.63) is 0 Å². The van der Waals surface area contributed by atoms with E-state index in [1.54, 1.807) is 0 Å². The van der Waals surface area contributed by atoms with Crippen molar-refractivity contribution < 1.29 is 5.11 Å². The molecule has 0 amide bonds. The van der Waals surface area contributed by atoms with E-state index in [1.165, 1.54) is 64.7 Å². The first-order valence-electron chi connectivity index (χ1n) is 9.18. The van der Waals surface area contributed by atoms with Gasteiger partial charge >= 0.3 is 0 Å². The molecule has 1 aliphatic carbocycles. The van der Waals surface area contributed by atoms with Crippen molar-refractivity contribution in [2.75, 3.05) is 32.7 Å². The lowest BCUT2D eigenvalue weighted by atomic mass is 9.71. The third kappa shape index (κ3) is 4.00. The van der Waals surface area contributed by atoms with Crippen molar-refractivity contribution >= 4 is 0 Å². The van der Waals surface area contributed by atoms with Crippen LogP contribution < -0.4 is 0 Å². The molecular weight excluding hydrogens is 260 g/mol. The third-order valence-electron chi connectivity index (χ3n) is 6.12. The number of hydrogen-bond acceptors (Lipinski definition) is 3. The lowest BCUT2D eigenvalue weighted by Gasteiger charge is -2.40. The molecule has 1 saturated carbocycles. The highest BCUT2D eigenvalue weighted by molar-refractivity contribution is 4.90. The lowest BCUT2D eigenvalue weighted by molar-refractivity contribution is 0.00630. The van der Waals surface area contributed by atoms with E-state index in [2.05, 4.69) is 23.6 Å². The smallest absolute Gasteiger partial charge is 0.0581 e. The van der Waals surface area contributed by atoms with Crippen LogP contribution in [0.3, 0.4) is 0 Å². The van der Waals surface area contributed by atoms with Gasteiger partial charge in [0.05, 0.1) is 6.10 Å². The highest BCUT2D eigenvalue weighted by Crippen LogP contribution is 2.39. The molecule has 2 saturated heterocycles. The van der Waals surface area contributed by atoms with E-state index in [0.29, 0.717) is 11.3 Å². The highest BCUT2D eigenvalue weighted by atomic mass is 16.3. The summed E-state index contributed by atoms with van der Waals surface area (Å²) < 4.78 is 0. The number of aliphatic hydroxyl groups is 1. The van der Waals surface area contributed by atoms with Gasteiger partial charge in [-0.25, -0.2) is 0 Å². The van der Waals surface area contributed by atoms with E-state index in [0.717, 1.165) is 19.0 Å². The van der Waals surface area contributed by atoms with Gasteiger partial charge in [-0.2, -0.15) is 0 Å². The van der Waals surface area contributed by atoms with Crippen LogP contribution in [-0.2, 0) is 0 Å². The molecule has 3 fully saturated rings. The van der Waals surface area contributed by atoms with Gasteiger partial charge in [-0.3, -0.25) is 4.90 Å². The number of nitrogens with zero attached hydrogens (tertiary/aromatic N) is 2. The molecule has 2 heterocycles.